The van der Waals surface area contributed by atoms with E-state index in [-0.39, 0.29) is 12.7 Å². The van der Waals surface area contributed by atoms with Gasteiger partial charge in [-0.3, -0.25) is 0 Å². The number of hydrogen-bond donors (Lipinski definition) is 2. The maximum absolute atomic E-state index is 11.4. The van der Waals surface area contributed by atoms with Crippen LogP contribution in [0.3, 0.4) is 0 Å². The van der Waals surface area contributed by atoms with Gasteiger partial charge in [-0.25, -0.2) is 9.59 Å². The Hall–Kier alpha value is -2.08. The number of aliphatic carboxylic acids is 1. The van der Waals surface area contributed by atoms with E-state index in [2.05, 4.69) is 5.32 Å². The summed E-state index contributed by atoms with van der Waals surface area (Å²) in [5.74, 6) is -1.16. The van der Waals surface area contributed by atoms with E-state index in [9.17, 15) is 9.59 Å². The number of hydrogen-bond acceptors (Lipinski definition) is 4. The number of nitrogens with one attached hydrogen (secondary N) is 1. The fraction of sp³-hybridized carbons (Fsp3) is 0.467. The molecule has 0 heterocycles. The standard InChI is InChI=1S/C15H21NO5/c1-11(2)21-15(19)16-13(14(17)18)10-20-9-12-7-5-3-4-6-8-12/h3-7,11,13H,8-10H2,1-2H3,(H,16,19)(H,17,18). The predicted octanol–water partition coefficient (Wildman–Crippen LogP) is 2.03. The molecule has 1 unspecified atom stereocenters. The summed E-state index contributed by atoms with van der Waals surface area (Å²) in [5.41, 5.74) is 1.04. The molecule has 0 bridgehead atoms. The van der Waals surface area contributed by atoms with Gasteiger partial charge in [0.1, 0.15) is 0 Å². The first-order chi connectivity index (χ1) is 9.99. The molecule has 2 N–H and O–H groups in total. The lowest BCUT2D eigenvalue weighted by Crippen LogP contribution is -2.44. The first-order valence-corrected chi connectivity index (χ1v) is 6.78. The third-order valence-electron chi connectivity index (χ3n) is 2.58. The van der Waals surface area contributed by atoms with Crippen molar-refractivity contribution >= 4 is 12.1 Å². The fourth-order valence-corrected chi connectivity index (χ4v) is 1.60. The summed E-state index contributed by atoms with van der Waals surface area (Å²) in [6.45, 7) is 3.57. The van der Waals surface area contributed by atoms with Crippen LogP contribution in [0.1, 0.15) is 20.3 Å². The molecule has 1 rings (SSSR count). The van der Waals surface area contributed by atoms with Crippen LogP contribution < -0.4 is 5.32 Å². The minimum Gasteiger partial charge on any atom is -0.480 e. The van der Waals surface area contributed by atoms with E-state index in [1.807, 2.05) is 30.4 Å². The number of allylic oxidation sites excluding steroid dienone is 5. The molecule has 0 aromatic rings. The summed E-state index contributed by atoms with van der Waals surface area (Å²) in [6.07, 6.45) is 9.35. The van der Waals surface area contributed by atoms with Crippen molar-refractivity contribution in [1.82, 2.24) is 5.32 Å². The molecule has 0 radical (unpaired) electrons. The van der Waals surface area contributed by atoms with Crippen molar-refractivity contribution in [3.8, 4) is 0 Å². The van der Waals surface area contributed by atoms with Crippen LogP contribution in [0.5, 0.6) is 0 Å². The van der Waals surface area contributed by atoms with E-state index in [1.54, 1.807) is 13.8 Å². The molecule has 6 heteroatoms. The van der Waals surface area contributed by atoms with Gasteiger partial charge in [-0.2, -0.15) is 0 Å². The zero-order valence-corrected chi connectivity index (χ0v) is 12.2. The Morgan fingerprint density at radius 1 is 1.33 bits per heavy atom. The van der Waals surface area contributed by atoms with E-state index in [0.29, 0.717) is 6.61 Å². The summed E-state index contributed by atoms with van der Waals surface area (Å²) >= 11 is 0. The van der Waals surface area contributed by atoms with Gasteiger partial charge < -0.3 is 19.9 Å². The van der Waals surface area contributed by atoms with Gasteiger partial charge in [0.2, 0.25) is 0 Å². The number of amides is 1. The van der Waals surface area contributed by atoms with Crippen LogP contribution in [-0.4, -0.2) is 42.5 Å². The van der Waals surface area contributed by atoms with Crippen molar-refractivity contribution in [3.63, 3.8) is 0 Å². The summed E-state index contributed by atoms with van der Waals surface area (Å²) in [4.78, 5) is 22.5. The first-order valence-electron chi connectivity index (χ1n) is 6.78. The highest BCUT2D eigenvalue weighted by molar-refractivity contribution is 5.80. The van der Waals surface area contributed by atoms with Crippen LogP contribution in [0.25, 0.3) is 0 Å². The van der Waals surface area contributed by atoms with E-state index in [0.717, 1.165) is 12.0 Å². The topological polar surface area (TPSA) is 84.9 Å². The lowest BCUT2D eigenvalue weighted by Gasteiger charge is -2.16. The van der Waals surface area contributed by atoms with Crippen molar-refractivity contribution < 1.29 is 24.2 Å². The number of alkyl carbamates (subject to hydrolysis) is 1. The molecule has 0 aromatic heterocycles. The second-order valence-corrected chi connectivity index (χ2v) is 4.85. The molecule has 1 amide bonds. The Labute approximate surface area is 124 Å². The molecule has 0 saturated heterocycles. The molecular formula is C15H21NO5. The van der Waals surface area contributed by atoms with Gasteiger partial charge in [-0.05, 0) is 25.8 Å². The molecule has 116 valence electrons. The van der Waals surface area contributed by atoms with Gasteiger partial charge in [0.25, 0.3) is 0 Å². The molecular weight excluding hydrogens is 274 g/mol. The summed E-state index contributed by atoms with van der Waals surface area (Å²) < 4.78 is 10.2. The normalized spacial score (nSPS) is 15.3. The van der Waals surface area contributed by atoms with Gasteiger partial charge >= 0.3 is 12.1 Å². The van der Waals surface area contributed by atoms with Gasteiger partial charge in [0.15, 0.2) is 6.04 Å². The maximum Gasteiger partial charge on any atom is 0.408 e. The molecule has 0 saturated carbocycles. The van der Waals surface area contributed by atoms with Crippen LogP contribution in [0.4, 0.5) is 4.79 Å². The Balaban J connectivity index is 2.39. The van der Waals surface area contributed by atoms with Crippen LogP contribution in [0, 0.1) is 0 Å². The number of rotatable bonds is 7. The highest BCUT2D eigenvalue weighted by Gasteiger charge is 2.21. The molecule has 1 aliphatic rings. The molecule has 0 spiro atoms. The Morgan fingerprint density at radius 2 is 2.10 bits per heavy atom. The quantitative estimate of drug-likeness (QED) is 0.750. The number of carboxylic acid groups (broad SMARTS) is 1. The van der Waals surface area contributed by atoms with Crippen LogP contribution in [0.15, 0.2) is 36.0 Å². The average Bonchev–Trinajstić information content (AvgIpc) is 2.65. The SMILES string of the molecule is CC(C)OC(=O)NC(COCC1=CC=CC=CC1)C(=O)O. The summed E-state index contributed by atoms with van der Waals surface area (Å²) in [6, 6.07) is -1.13. The van der Waals surface area contributed by atoms with Crippen molar-refractivity contribution in [3.05, 3.63) is 36.0 Å². The molecule has 0 fully saturated rings. The van der Waals surface area contributed by atoms with Gasteiger partial charge in [0, 0.05) is 0 Å². The molecule has 21 heavy (non-hydrogen) atoms. The average molecular weight is 295 g/mol. The molecule has 0 aromatic carbocycles. The van der Waals surface area contributed by atoms with E-state index >= 15 is 0 Å². The lowest BCUT2D eigenvalue weighted by molar-refractivity contribution is -0.140. The van der Waals surface area contributed by atoms with Crippen LogP contribution >= 0.6 is 0 Å². The minimum absolute atomic E-state index is 0.118. The predicted molar refractivity (Wildman–Crippen MR) is 78.0 cm³/mol. The smallest absolute Gasteiger partial charge is 0.408 e. The van der Waals surface area contributed by atoms with E-state index in [1.165, 1.54) is 0 Å². The van der Waals surface area contributed by atoms with Crippen molar-refractivity contribution in [2.45, 2.75) is 32.4 Å². The number of ether oxygens (including phenoxy) is 2. The number of carbonyl (C=O) groups is 2. The third kappa shape index (κ3) is 7.31. The van der Waals surface area contributed by atoms with Crippen LogP contribution in [-0.2, 0) is 14.3 Å². The van der Waals surface area contributed by atoms with E-state index in [4.69, 9.17) is 14.6 Å². The number of carboxylic acids is 1. The highest BCUT2D eigenvalue weighted by atomic mass is 16.6. The largest absolute Gasteiger partial charge is 0.480 e. The van der Waals surface area contributed by atoms with Crippen molar-refractivity contribution in [1.29, 1.82) is 0 Å². The van der Waals surface area contributed by atoms with Gasteiger partial charge in [0.05, 0.1) is 19.3 Å². The molecule has 1 atom stereocenters. The second kappa shape index (κ2) is 8.97. The fourth-order valence-electron chi connectivity index (χ4n) is 1.60. The molecule has 6 nitrogen and oxygen atoms in total. The third-order valence-corrected chi connectivity index (χ3v) is 2.58. The summed E-state index contributed by atoms with van der Waals surface area (Å²) in [5, 5.41) is 11.3. The zero-order chi connectivity index (χ0) is 15.7. The molecule has 0 aliphatic heterocycles. The second-order valence-electron chi connectivity index (χ2n) is 4.85. The maximum atomic E-state index is 11.4. The Bertz CT molecular complexity index is 451. The first kappa shape index (κ1) is 17.0. The Kier molecular flexibility index (Phi) is 7.25. The summed E-state index contributed by atoms with van der Waals surface area (Å²) in [7, 11) is 0. The van der Waals surface area contributed by atoms with Crippen molar-refractivity contribution in [2.75, 3.05) is 13.2 Å². The zero-order valence-electron chi connectivity index (χ0n) is 12.2. The monoisotopic (exact) mass is 295 g/mol. The van der Waals surface area contributed by atoms with Gasteiger partial charge in [-0.15, -0.1) is 0 Å². The van der Waals surface area contributed by atoms with E-state index < -0.39 is 18.1 Å². The Morgan fingerprint density at radius 3 is 2.76 bits per heavy atom. The number of carbonyl (C=O) groups excluding carboxylic acids is 1. The highest BCUT2D eigenvalue weighted by Crippen LogP contribution is 2.07. The molecule has 1 aliphatic carbocycles. The van der Waals surface area contributed by atoms with Crippen molar-refractivity contribution in [2.24, 2.45) is 0 Å². The lowest BCUT2D eigenvalue weighted by atomic mass is 10.2. The minimum atomic E-state index is -1.16. The van der Waals surface area contributed by atoms with Crippen LogP contribution in [0.2, 0.25) is 0 Å². The van der Waals surface area contributed by atoms with Gasteiger partial charge in [-0.1, -0.05) is 30.4 Å².